The molecule has 0 aliphatic heterocycles. The average Bonchev–Trinajstić information content (AvgIpc) is 2.43. The number of carboxylic acids is 1. The maximum Gasteiger partial charge on any atom is 0.313 e. The topological polar surface area (TPSA) is 46.5 Å². The van der Waals surface area contributed by atoms with E-state index in [0.717, 1.165) is 5.56 Å². The Labute approximate surface area is 136 Å². The van der Waals surface area contributed by atoms with Crippen LogP contribution in [0.1, 0.15) is 5.56 Å². The third kappa shape index (κ3) is 4.84. The van der Waals surface area contributed by atoms with Gasteiger partial charge in [0.1, 0.15) is 11.5 Å². The first kappa shape index (κ1) is 16.0. The van der Waals surface area contributed by atoms with Gasteiger partial charge in [0, 0.05) is 16.3 Å². The minimum absolute atomic E-state index is 0.0516. The Bertz CT molecular complexity index is 647. The minimum Gasteiger partial charge on any atom is -0.481 e. The van der Waals surface area contributed by atoms with E-state index >= 15 is 0 Å². The molecule has 21 heavy (non-hydrogen) atoms. The van der Waals surface area contributed by atoms with Crippen molar-refractivity contribution in [2.75, 3.05) is 5.75 Å². The molecular weight excluding hydrogens is 331 g/mol. The molecule has 1 N–H and O–H groups in total. The summed E-state index contributed by atoms with van der Waals surface area (Å²) in [6.45, 7) is 0. The zero-order valence-corrected chi connectivity index (χ0v) is 13.2. The lowest BCUT2D eigenvalue weighted by Gasteiger charge is -2.12. The van der Waals surface area contributed by atoms with Crippen molar-refractivity contribution in [3.8, 4) is 11.5 Å². The van der Waals surface area contributed by atoms with E-state index in [1.165, 1.54) is 11.8 Å². The summed E-state index contributed by atoms with van der Waals surface area (Å²) in [5.74, 6) is 0.930. The third-order valence-corrected chi connectivity index (χ3v) is 4.07. The maximum absolute atomic E-state index is 10.6. The molecule has 110 valence electrons. The van der Waals surface area contributed by atoms with Gasteiger partial charge in [-0.25, -0.2) is 0 Å². The number of ether oxygens (including phenoxy) is 1. The summed E-state index contributed by atoms with van der Waals surface area (Å²) < 4.78 is 5.80. The van der Waals surface area contributed by atoms with Crippen LogP contribution >= 0.6 is 35.0 Å². The van der Waals surface area contributed by atoms with Crippen LogP contribution in [0.4, 0.5) is 0 Å². The summed E-state index contributed by atoms with van der Waals surface area (Å²) in [6.07, 6.45) is 0. The average molecular weight is 343 g/mol. The number of rotatable bonds is 6. The van der Waals surface area contributed by atoms with Crippen LogP contribution in [-0.4, -0.2) is 16.8 Å². The van der Waals surface area contributed by atoms with E-state index in [4.69, 9.17) is 33.0 Å². The SMILES string of the molecule is O=C(O)CSCc1ccccc1Oc1ccc(Cl)cc1Cl. The van der Waals surface area contributed by atoms with Crippen LogP contribution in [0.3, 0.4) is 0 Å². The molecule has 0 aromatic heterocycles. The van der Waals surface area contributed by atoms with E-state index in [1.54, 1.807) is 18.2 Å². The largest absolute Gasteiger partial charge is 0.481 e. The molecule has 6 heteroatoms. The summed E-state index contributed by atoms with van der Waals surface area (Å²) in [5.41, 5.74) is 0.912. The molecule has 3 nitrogen and oxygen atoms in total. The second-order valence-electron chi connectivity index (χ2n) is 4.17. The molecule has 2 rings (SSSR count). The number of para-hydroxylation sites is 1. The van der Waals surface area contributed by atoms with E-state index in [-0.39, 0.29) is 5.75 Å². The van der Waals surface area contributed by atoms with Gasteiger partial charge in [0.15, 0.2) is 0 Å². The highest BCUT2D eigenvalue weighted by Crippen LogP contribution is 2.34. The molecule has 0 spiro atoms. The Balaban J connectivity index is 2.14. The van der Waals surface area contributed by atoms with Crippen molar-refractivity contribution in [2.45, 2.75) is 5.75 Å². The smallest absolute Gasteiger partial charge is 0.313 e. The molecule has 0 unspecified atom stereocenters. The zero-order chi connectivity index (χ0) is 15.2. The number of halogens is 2. The summed E-state index contributed by atoms with van der Waals surface area (Å²) in [6, 6.07) is 12.5. The molecular formula is C15H12Cl2O3S. The van der Waals surface area contributed by atoms with Gasteiger partial charge in [-0.15, -0.1) is 11.8 Å². The number of hydrogen-bond donors (Lipinski definition) is 1. The number of carboxylic acid groups (broad SMARTS) is 1. The van der Waals surface area contributed by atoms with Crippen LogP contribution in [0.2, 0.25) is 10.0 Å². The lowest BCUT2D eigenvalue weighted by molar-refractivity contribution is -0.133. The van der Waals surface area contributed by atoms with Gasteiger partial charge in [-0.2, -0.15) is 0 Å². The van der Waals surface area contributed by atoms with E-state index in [2.05, 4.69) is 0 Å². The first-order chi connectivity index (χ1) is 10.1. The van der Waals surface area contributed by atoms with Gasteiger partial charge < -0.3 is 9.84 Å². The zero-order valence-electron chi connectivity index (χ0n) is 10.9. The van der Waals surface area contributed by atoms with Crippen molar-refractivity contribution < 1.29 is 14.6 Å². The fourth-order valence-corrected chi connectivity index (χ4v) is 2.83. The quantitative estimate of drug-likeness (QED) is 0.792. The molecule has 0 radical (unpaired) electrons. The Kier molecular flexibility index (Phi) is 5.79. The van der Waals surface area contributed by atoms with Crippen molar-refractivity contribution in [1.82, 2.24) is 0 Å². The van der Waals surface area contributed by atoms with Crippen LogP contribution in [0.5, 0.6) is 11.5 Å². The third-order valence-electron chi connectivity index (χ3n) is 2.57. The van der Waals surface area contributed by atoms with Gasteiger partial charge in [-0.1, -0.05) is 41.4 Å². The standard InChI is InChI=1S/C15H12Cl2O3S/c16-11-5-6-14(12(17)7-11)20-13-4-2-1-3-10(13)8-21-9-15(18)19/h1-7H,8-9H2,(H,18,19). The highest BCUT2D eigenvalue weighted by Gasteiger charge is 2.08. The predicted octanol–water partition coefficient (Wildman–Crippen LogP) is 5.10. The Morgan fingerprint density at radius 1 is 1.14 bits per heavy atom. The van der Waals surface area contributed by atoms with Gasteiger partial charge in [0.05, 0.1) is 10.8 Å². The fraction of sp³-hybridized carbons (Fsp3) is 0.133. The monoisotopic (exact) mass is 342 g/mol. The molecule has 0 bridgehead atoms. The van der Waals surface area contributed by atoms with Gasteiger partial charge in [-0.3, -0.25) is 4.79 Å². The molecule has 0 heterocycles. The van der Waals surface area contributed by atoms with Crippen LogP contribution in [-0.2, 0) is 10.5 Å². The Morgan fingerprint density at radius 2 is 1.90 bits per heavy atom. The summed E-state index contributed by atoms with van der Waals surface area (Å²) in [7, 11) is 0. The highest BCUT2D eigenvalue weighted by molar-refractivity contribution is 7.99. The lowest BCUT2D eigenvalue weighted by Crippen LogP contribution is -1.99. The van der Waals surface area contributed by atoms with E-state index < -0.39 is 5.97 Å². The lowest BCUT2D eigenvalue weighted by atomic mass is 10.2. The fourth-order valence-electron chi connectivity index (χ4n) is 1.65. The molecule has 0 aliphatic rings. The minimum atomic E-state index is -0.834. The highest BCUT2D eigenvalue weighted by atomic mass is 35.5. The van der Waals surface area contributed by atoms with Gasteiger partial charge in [0.2, 0.25) is 0 Å². The molecule has 0 fully saturated rings. The van der Waals surface area contributed by atoms with Gasteiger partial charge >= 0.3 is 5.97 Å². The van der Waals surface area contributed by atoms with E-state index in [0.29, 0.717) is 27.3 Å². The van der Waals surface area contributed by atoms with Crippen molar-refractivity contribution in [1.29, 1.82) is 0 Å². The van der Waals surface area contributed by atoms with E-state index in [1.807, 2.05) is 24.3 Å². The van der Waals surface area contributed by atoms with Crippen molar-refractivity contribution in [3.05, 3.63) is 58.1 Å². The van der Waals surface area contributed by atoms with Gasteiger partial charge in [0.25, 0.3) is 0 Å². The molecule has 0 aliphatic carbocycles. The summed E-state index contributed by atoms with van der Waals surface area (Å²) in [5, 5.41) is 9.64. The van der Waals surface area contributed by atoms with Crippen LogP contribution in [0.15, 0.2) is 42.5 Å². The number of aliphatic carboxylic acids is 1. The molecule has 0 amide bonds. The van der Waals surface area contributed by atoms with Crippen molar-refractivity contribution in [2.24, 2.45) is 0 Å². The first-order valence-corrected chi connectivity index (χ1v) is 7.97. The molecule has 0 atom stereocenters. The maximum atomic E-state index is 10.6. The summed E-state index contributed by atoms with van der Waals surface area (Å²) in [4.78, 5) is 10.6. The van der Waals surface area contributed by atoms with Crippen LogP contribution in [0.25, 0.3) is 0 Å². The van der Waals surface area contributed by atoms with Crippen molar-refractivity contribution >= 4 is 40.9 Å². The Morgan fingerprint density at radius 3 is 2.62 bits per heavy atom. The molecule has 2 aromatic carbocycles. The van der Waals surface area contributed by atoms with Gasteiger partial charge in [-0.05, 0) is 24.3 Å². The van der Waals surface area contributed by atoms with E-state index in [9.17, 15) is 4.79 Å². The van der Waals surface area contributed by atoms with Crippen molar-refractivity contribution in [3.63, 3.8) is 0 Å². The first-order valence-electron chi connectivity index (χ1n) is 6.06. The number of thioether (sulfide) groups is 1. The molecule has 0 saturated heterocycles. The second-order valence-corrected chi connectivity index (χ2v) is 6.00. The van der Waals surface area contributed by atoms with Crippen LogP contribution < -0.4 is 4.74 Å². The molecule has 2 aromatic rings. The second kappa shape index (κ2) is 7.59. The Hall–Kier alpha value is -1.36. The number of hydrogen-bond acceptors (Lipinski definition) is 3. The predicted molar refractivity (Wildman–Crippen MR) is 86.8 cm³/mol. The summed E-state index contributed by atoms with van der Waals surface area (Å²) >= 11 is 13.2. The normalized spacial score (nSPS) is 10.4. The van der Waals surface area contributed by atoms with Crippen LogP contribution in [0, 0.1) is 0 Å². The molecule has 0 saturated carbocycles. The number of carbonyl (C=O) groups is 1. The number of benzene rings is 2.